The zero-order valence-electron chi connectivity index (χ0n) is 5.17. The number of hydrazine groups is 1. The molecule has 0 fully saturated rings. The summed E-state index contributed by atoms with van der Waals surface area (Å²) in [6.45, 7) is 3.55. The van der Waals surface area contributed by atoms with E-state index in [0.717, 1.165) is 0 Å². The van der Waals surface area contributed by atoms with Gasteiger partial charge < -0.3 is 11.2 Å². The second-order valence-electron chi connectivity index (χ2n) is 1.41. The predicted octanol–water partition coefficient (Wildman–Crippen LogP) is -0.00800. The number of nitrogens with two attached hydrogens (primary N) is 2. The zero-order chi connectivity index (χ0) is 7.11. The Morgan fingerprint density at radius 2 is 2.11 bits per heavy atom. The van der Waals surface area contributed by atoms with Crippen molar-refractivity contribution in [2.75, 3.05) is 0 Å². The van der Waals surface area contributed by atoms with Gasteiger partial charge in [-0.15, -0.1) is 0 Å². The van der Waals surface area contributed by atoms with Gasteiger partial charge in [0.05, 0.1) is 0 Å². The van der Waals surface area contributed by atoms with Gasteiger partial charge in [0, 0.05) is 5.70 Å². The molecule has 0 aliphatic rings. The Morgan fingerprint density at radius 1 is 1.44 bits per heavy atom. The first-order valence-electron chi connectivity index (χ1n) is 2.51. The van der Waals surface area contributed by atoms with E-state index in [1.54, 1.807) is 18.2 Å². The number of allylic oxidation sites excluding steroid dienone is 3. The Bertz CT molecular complexity index is 135. The van der Waals surface area contributed by atoms with Crippen LogP contribution in [0.2, 0.25) is 0 Å². The highest BCUT2D eigenvalue weighted by molar-refractivity contribution is 5.16. The van der Waals surface area contributed by atoms with E-state index in [9.17, 15) is 0 Å². The minimum absolute atomic E-state index is 0.646. The molecule has 0 aromatic heterocycles. The highest BCUT2D eigenvalue weighted by Crippen LogP contribution is 1.82. The second-order valence-corrected chi connectivity index (χ2v) is 1.41. The topological polar surface area (TPSA) is 64.1 Å². The minimum atomic E-state index is 0.646. The molecule has 0 bridgehead atoms. The number of nitrogens with one attached hydrogen (secondary N) is 1. The van der Waals surface area contributed by atoms with Crippen LogP contribution in [-0.4, -0.2) is 0 Å². The van der Waals surface area contributed by atoms with Crippen molar-refractivity contribution >= 4 is 0 Å². The Kier molecular flexibility index (Phi) is 4.26. The molecule has 0 amide bonds. The van der Waals surface area contributed by atoms with Crippen molar-refractivity contribution in [2.45, 2.75) is 0 Å². The van der Waals surface area contributed by atoms with Gasteiger partial charge in [-0.2, -0.15) is 0 Å². The number of hydrogen-bond acceptors (Lipinski definition) is 3. The summed E-state index contributed by atoms with van der Waals surface area (Å²) in [4.78, 5) is 0. The van der Waals surface area contributed by atoms with Gasteiger partial charge in [-0.25, -0.2) is 0 Å². The number of rotatable bonds is 3. The molecule has 0 heterocycles. The van der Waals surface area contributed by atoms with Gasteiger partial charge in [-0.1, -0.05) is 12.7 Å². The average Bonchev–Trinajstić information content (AvgIpc) is 1.89. The largest absolute Gasteiger partial charge is 0.405 e. The molecule has 0 aromatic rings. The van der Waals surface area contributed by atoms with Crippen molar-refractivity contribution in [2.24, 2.45) is 11.6 Å². The highest BCUT2D eigenvalue weighted by Gasteiger charge is 1.74. The lowest BCUT2D eigenvalue weighted by molar-refractivity contribution is 0.922. The lowest BCUT2D eigenvalue weighted by atomic mass is 10.4. The van der Waals surface area contributed by atoms with E-state index < -0.39 is 0 Å². The Hall–Kier alpha value is -1.22. The third kappa shape index (κ3) is 4.64. The number of hydrogen-bond donors (Lipinski definition) is 3. The standard InChI is InChI=1S/C6H11N3/c1-6(9-8)4-2-3-5-7/h2-5,9H,1,7-8H2/b4-2-,5-3-. The molecule has 3 heteroatoms. The van der Waals surface area contributed by atoms with E-state index >= 15 is 0 Å². The van der Waals surface area contributed by atoms with Crippen molar-refractivity contribution in [1.29, 1.82) is 0 Å². The first-order valence-corrected chi connectivity index (χ1v) is 2.51. The van der Waals surface area contributed by atoms with Crippen LogP contribution in [0.15, 0.2) is 36.7 Å². The third-order valence-corrected chi connectivity index (χ3v) is 0.705. The average molecular weight is 125 g/mol. The molecule has 0 unspecified atom stereocenters. The summed E-state index contributed by atoms with van der Waals surface area (Å²) in [5, 5.41) is 0. The molecule has 0 aliphatic heterocycles. The lowest BCUT2D eigenvalue weighted by Crippen LogP contribution is -2.18. The molecule has 0 saturated heterocycles. The maximum absolute atomic E-state index is 5.04. The molecule has 0 aliphatic carbocycles. The monoisotopic (exact) mass is 125 g/mol. The second kappa shape index (κ2) is 4.93. The van der Waals surface area contributed by atoms with Crippen LogP contribution in [0.1, 0.15) is 0 Å². The van der Waals surface area contributed by atoms with Crippen molar-refractivity contribution in [1.82, 2.24) is 5.43 Å². The SMILES string of the molecule is C=C(/C=C\C=C/N)NN. The fourth-order valence-corrected chi connectivity index (χ4v) is 0.284. The summed E-state index contributed by atoms with van der Waals surface area (Å²) in [6, 6.07) is 0. The zero-order valence-corrected chi connectivity index (χ0v) is 5.17. The molecule has 3 nitrogen and oxygen atoms in total. The van der Waals surface area contributed by atoms with E-state index in [1.165, 1.54) is 6.20 Å². The highest BCUT2D eigenvalue weighted by atomic mass is 15.2. The van der Waals surface area contributed by atoms with Crippen molar-refractivity contribution in [3.8, 4) is 0 Å². The van der Waals surface area contributed by atoms with Gasteiger partial charge in [0.15, 0.2) is 0 Å². The summed E-state index contributed by atoms with van der Waals surface area (Å²) in [7, 11) is 0. The Morgan fingerprint density at radius 3 is 2.56 bits per heavy atom. The fourth-order valence-electron chi connectivity index (χ4n) is 0.284. The van der Waals surface area contributed by atoms with Crippen LogP contribution in [-0.2, 0) is 0 Å². The van der Waals surface area contributed by atoms with E-state index in [4.69, 9.17) is 11.6 Å². The van der Waals surface area contributed by atoms with Crippen LogP contribution in [0.4, 0.5) is 0 Å². The predicted molar refractivity (Wildman–Crippen MR) is 38.9 cm³/mol. The Labute approximate surface area is 54.7 Å². The molecule has 0 rings (SSSR count). The van der Waals surface area contributed by atoms with E-state index in [1.807, 2.05) is 0 Å². The van der Waals surface area contributed by atoms with Gasteiger partial charge in [-0.3, -0.25) is 5.84 Å². The van der Waals surface area contributed by atoms with Crippen LogP contribution in [0.3, 0.4) is 0 Å². The quantitative estimate of drug-likeness (QED) is 0.282. The van der Waals surface area contributed by atoms with Gasteiger partial charge in [-0.05, 0) is 18.4 Å². The van der Waals surface area contributed by atoms with Crippen molar-refractivity contribution < 1.29 is 0 Å². The van der Waals surface area contributed by atoms with Crippen molar-refractivity contribution in [3.63, 3.8) is 0 Å². The van der Waals surface area contributed by atoms with Crippen LogP contribution in [0.5, 0.6) is 0 Å². The summed E-state index contributed by atoms with van der Waals surface area (Å²) >= 11 is 0. The third-order valence-electron chi connectivity index (χ3n) is 0.705. The van der Waals surface area contributed by atoms with Gasteiger partial charge >= 0.3 is 0 Å². The molecule has 5 N–H and O–H groups in total. The van der Waals surface area contributed by atoms with Crippen LogP contribution < -0.4 is 17.0 Å². The summed E-state index contributed by atoms with van der Waals surface area (Å²) in [5.41, 5.74) is 8.06. The molecule has 0 aromatic carbocycles. The minimum Gasteiger partial charge on any atom is -0.405 e. The maximum Gasteiger partial charge on any atom is 0.0413 e. The van der Waals surface area contributed by atoms with Gasteiger partial charge in [0.2, 0.25) is 0 Å². The van der Waals surface area contributed by atoms with E-state index in [2.05, 4.69) is 12.0 Å². The fraction of sp³-hybridized carbons (Fsp3) is 0. The molecular weight excluding hydrogens is 114 g/mol. The molecular formula is C6H11N3. The van der Waals surface area contributed by atoms with Crippen LogP contribution in [0.25, 0.3) is 0 Å². The molecule has 9 heavy (non-hydrogen) atoms. The molecule has 0 saturated carbocycles. The van der Waals surface area contributed by atoms with Crippen LogP contribution in [0, 0.1) is 0 Å². The molecule has 0 spiro atoms. The Balaban J connectivity index is 3.57. The first-order chi connectivity index (χ1) is 4.31. The summed E-state index contributed by atoms with van der Waals surface area (Å²) in [6.07, 6.45) is 6.56. The first kappa shape index (κ1) is 7.78. The smallest absolute Gasteiger partial charge is 0.0413 e. The molecule has 0 atom stereocenters. The van der Waals surface area contributed by atoms with Crippen molar-refractivity contribution in [3.05, 3.63) is 36.7 Å². The van der Waals surface area contributed by atoms with E-state index in [0.29, 0.717) is 5.70 Å². The lowest BCUT2D eigenvalue weighted by Gasteiger charge is -1.92. The molecule has 0 radical (unpaired) electrons. The van der Waals surface area contributed by atoms with Gasteiger partial charge in [0.1, 0.15) is 0 Å². The normalized spacial score (nSPS) is 10.8. The van der Waals surface area contributed by atoms with Gasteiger partial charge in [0.25, 0.3) is 0 Å². The van der Waals surface area contributed by atoms with Crippen LogP contribution >= 0.6 is 0 Å². The summed E-state index contributed by atoms with van der Waals surface area (Å²) in [5.74, 6) is 5.00. The molecule has 50 valence electrons. The maximum atomic E-state index is 5.04. The summed E-state index contributed by atoms with van der Waals surface area (Å²) < 4.78 is 0. The van der Waals surface area contributed by atoms with E-state index in [-0.39, 0.29) is 0 Å².